The minimum Gasteiger partial charge on any atom is -0.463 e. The molecule has 0 amide bonds. The van der Waals surface area contributed by atoms with E-state index < -0.39 is 17.1 Å². The first kappa shape index (κ1) is 19.7. The second-order valence-electron chi connectivity index (χ2n) is 8.50. The lowest BCUT2D eigenvalue weighted by atomic mass is 9.70. The maximum atomic E-state index is 13.5. The Kier molecular flexibility index (Phi) is 4.97. The molecule has 1 unspecified atom stereocenters. The maximum Gasteiger partial charge on any atom is 0.342 e. The molecular formula is C26H25NO4. The Hall–Kier alpha value is -3.21. The summed E-state index contributed by atoms with van der Waals surface area (Å²) in [5, 5.41) is 0. The number of fused-ring (bicyclic) bond motifs is 3. The lowest BCUT2D eigenvalue weighted by Crippen LogP contribution is -2.59. The van der Waals surface area contributed by atoms with Gasteiger partial charge in [0.05, 0.1) is 0 Å². The molecule has 2 aromatic carbocycles. The van der Waals surface area contributed by atoms with Crippen LogP contribution in [-0.4, -0.2) is 36.4 Å². The summed E-state index contributed by atoms with van der Waals surface area (Å²) in [6.45, 7) is 0.667. The first-order valence-electron chi connectivity index (χ1n) is 10.9. The normalized spacial score (nSPS) is 23.2. The average Bonchev–Trinajstić information content (AvgIpc) is 3.43. The van der Waals surface area contributed by atoms with Crippen molar-refractivity contribution in [2.24, 2.45) is 4.99 Å². The summed E-state index contributed by atoms with van der Waals surface area (Å²) in [7, 11) is 0. The molecule has 1 aliphatic heterocycles. The van der Waals surface area contributed by atoms with Gasteiger partial charge >= 0.3 is 5.97 Å². The molecule has 2 aliphatic carbocycles. The van der Waals surface area contributed by atoms with Crippen LogP contribution in [0.5, 0.6) is 0 Å². The SMILES string of the molecule is O=COC1(C2(C(=O)OCC3c4ccccc4-c4ccccc43)C=CC=N2)CCCCC1. The van der Waals surface area contributed by atoms with Crippen molar-refractivity contribution in [1.82, 2.24) is 0 Å². The molecule has 158 valence electrons. The zero-order valence-corrected chi connectivity index (χ0v) is 17.3. The van der Waals surface area contributed by atoms with Crippen LogP contribution in [0.3, 0.4) is 0 Å². The van der Waals surface area contributed by atoms with Crippen LogP contribution >= 0.6 is 0 Å². The first-order chi connectivity index (χ1) is 15.2. The van der Waals surface area contributed by atoms with Gasteiger partial charge in [-0.15, -0.1) is 0 Å². The third-order valence-corrected chi connectivity index (χ3v) is 6.99. The van der Waals surface area contributed by atoms with Crippen molar-refractivity contribution >= 4 is 18.7 Å². The quantitative estimate of drug-likeness (QED) is 0.511. The largest absolute Gasteiger partial charge is 0.463 e. The summed E-state index contributed by atoms with van der Waals surface area (Å²) in [6, 6.07) is 16.5. The Morgan fingerprint density at radius 2 is 1.65 bits per heavy atom. The number of rotatable bonds is 6. The molecule has 3 aliphatic rings. The fourth-order valence-corrected chi connectivity index (χ4v) is 5.47. The molecule has 0 radical (unpaired) electrons. The van der Waals surface area contributed by atoms with Gasteiger partial charge in [-0.3, -0.25) is 9.79 Å². The molecule has 0 spiro atoms. The highest BCUT2D eigenvalue weighted by Gasteiger charge is 2.59. The van der Waals surface area contributed by atoms with Gasteiger partial charge < -0.3 is 9.47 Å². The van der Waals surface area contributed by atoms with Crippen molar-refractivity contribution in [2.45, 2.75) is 49.2 Å². The smallest absolute Gasteiger partial charge is 0.342 e. The van der Waals surface area contributed by atoms with Crippen molar-refractivity contribution < 1.29 is 19.1 Å². The highest BCUT2D eigenvalue weighted by atomic mass is 16.6. The van der Waals surface area contributed by atoms with Crippen LogP contribution < -0.4 is 0 Å². The van der Waals surface area contributed by atoms with Crippen LogP contribution in [0.4, 0.5) is 0 Å². The monoisotopic (exact) mass is 415 g/mol. The molecule has 0 saturated heterocycles. The Balaban J connectivity index is 1.44. The fourth-order valence-electron chi connectivity index (χ4n) is 5.47. The van der Waals surface area contributed by atoms with E-state index in [2.05, 4.69) is 29.3 Å². The molecule has 2 aromatic rings. The summed E-state index contributed by atoms with van der Waals surface area (Å²) >= 11 is 0. The van der Waals surface area contributed by atoms with Gasteiger partial charge in [0.1, 0.15) is 6.61 Å². The third kappa shape index (κ3) is 3.02. The Bertz CT molecular complexity index is 1010. The molecule has 0 aromatic heterocycles. The molecule has 1 fully saturated rings. The molecule has 1 atom stereocenters. The number of esters is 1. The van der Waals surface area contributed by atoms with Gasteiger partial charge in [0.25, 0.3) is 6.47 Å². The predicted octanol–water partition coefficient (Wildman–Crippen LogP) is 4.60. The van der Waals surface area contributed by atoms with E-state index in [1.54, 1.807) is 18.4 Å². The molecule has 1 heterocycles. The summed E-state index contributed by atoms with van der Waals surface area (Å²) < 4.78 is 11.6. The van der Waals surface area contributed by atoms with Crippen molar-refractivity contribution in [3.05, 3.63) is 71.8 Å². The van der Waals surface area contributed by atoms with Gasteiger partial charge in [0.2, 0.25) is 5.54 Å². The number of ether oxygens (including phenoxy) is 2. The summed E-state index contributed by atoms with van der Waals surface area (Å²) in [6.07, 6.45) is 9.09. The van der Waals surface area contributed by atoms with Crippen molar-refractivity contribution in [2.75, 3.05) is 6.61 Å². The van der Waals surface area contributed by atoms with E-state index in [1.165, 1.54) is 11.1 Å². The van der Waals surface area contributed by atoms with Gasteiger partial charge in [-0.1, -0.05) is 55.0 Å². The predicted molar refractivity (Wildman–Crippen MR) is 118 cm³/mol. The summed E-state index contributed by atoms with van der Waals surface area (Å²) in [5.74, 6) is -0.486. The van der Waals surface area contributed by atoms with E-state index in [0.29, 0.717) is 19.3 Å². The van der Waals surface area contributed by atoms with Crippen LogP contribution in [0.25, 0.3) is 11.1 Å². The summed E-state index contributed by atoms with van der Waals surface area (Å²) in [4.78, 5) is 29.5. The molecule has 5 rings (SSSR count). The van der Waals surface area contributed by atoms with Crippen LogP contribution in [0.15, 0.2) is 65.7 Å². The van der Waals surface area contributed by atoms with Crippen molar-refractivity contribution in [3.8, 4) is 11.1 Å². The zero-order valence-electron chi connectivity index (χ0n) is 17.3. The summed E-state index contributed by atoms with van der Waals surface area (Å²) in [5.41, 5.74) is 2.38. The lowest BCUT2D eigenvalue weighted by molar-refractivity contribution is -0.171. The molecular weight excluding hydrogens is 390 g/mol. The van der Waals surface area contributed by atoms with E-state index >= 15 is 0 Å². The molecule has 0 N–H and O–H groups in total. The van der Waals surface area contributed by atoms with Crippen LogP contribution in [0, 0.1) is 0 Å². The van der Waals surface area contributed by atoms with Crippen molar-refractivity contribution in [3.63, 3.8) is 0 Å². The number of carbonyl (C=O) groups excluding carboxylic acids is 2. The van der Waals surface area contributed by atoms with Gasteiger partial charge in [-0.2, -0.15) is 0 Å². The van der Waals surface area contributed by atoms with E-state index in [1.807, 2.05) is 24.3 Å². The highest BCUT2D eigenvalue weighted by Crippen LogP contribution is 2.47. The van der Waals surface area contributed by atoms with E-state index in [0.717, 1.165) is 30.4 Å². The molecule has 31 heavy (non-hydrogen) atoms. The number of nitrogens with zero attached hydrogens (tertiary/aromatic N) is 1. The molecule has 5 nitrogen and oxygen atoms in total. The Labute approximate surface area is 181 Å². The van der Waals surface area contributed by atoms with E-state index in [-0.39, 0.29) is 12.5 Å². The van der Waals surface area contributed by atoms with Crippen molar-refractivity contribution in [1.29, 1.82) is 0 Å². The molecule has 5 heteroatoms. The Morgan fingerprint density at radius 3 is 2.23 bits per heavy atom. The van der Waals surface area contributed by atoms with E-state index in [4.69, 9.17) is 9.47 Å². The fraction of sp³-hybridized carbons (Fsp3) is 0.346. The minimum atomic E-state index is -1.31. The Morgan fingerprint density at radius 1 is 1.00 bits per heavy atom. The number of allylic oxidation sites excluding steroid dienone is 1. The second-order valence-corrected chi connectivity index (χ2v) is 8.50. The number of carbonyl (C=O) groups is 2. The number of benzene rings is 2. The number of aliphatic imine (C=N–C) groups is 1. The van der Waals surface area contributed by atoms with Gasteiger partial charge in [0.15, 0.2) is 5.60 Å². The van der Waals surface area contributed by atoms with Crippen LogP contribution in [0.2, 0.25) is 0 Å². The maximum absolute atomic E-state index is 13.5. The van der Waals surface area contributed by atoms with Crippen LogP contribution in [-0.2, 0) is 19.1 Å². The van der Waals surface area contributed by atoms with Gasteiger partial charge in [-0.25, -0.2) is 4.79 Å². The average molecular weight is 415 g/mol. The molecule has 0 bridgehead atoms. The van der Waals surface area contributed by atoms with Gasteiger partial charge in [0, 0.05) is 12.1 Å². The highest BCUT2D eigenvalue weighted by molar-refractivity contribution is 5.93. The zero-order chi connectivity index (χ0) is 21.3. The number of hydrogen-bond donors (Lipinski definition) is 0. The number of hydrogen-bond acceptors (Lipinski definition) is 5. The first-order valence-corrected chi connectivity index (χ1v) is 10.9. The molecule has 1 saturated carbocycles. The third-order valence-electron chi connectivity index (χ3n) is 6.99. The lowest BCUT2D eigenvalue weighted by Gasteiger charge is -2.44. The van der Waals surface area contributed by atoms with Crippen LogP contribution in [0.1, 0.15) is 49.1 Å². The van der Waals surface area contributed by atoms with E-state index in [9.17, 15) is 9.59 Å². The topological polar surface area (TPSA) is 65.0 Å². The standard InChI is InChI=1S/C26H25NO4/c28-18-31-25(13-6-1-7-14-25)26(15-8-16-27-26)24(29)30-17-23-21-11-4-2-9-19(21)20-10-3-5-12-22(20)23/h2-5,8-12,15-16,18,23H,1,6-7,13-14,17H2. The van der Waals surface area contributed by atoms with Gasteiger partial charge in [-0.05, 0) is 60.1 Å². The second kappa shape index (κ2) is 7.80. The minimum absolute atomic E-state index is 0.0305.